The third kappa shape index (κ3) is 2.05. The summed E-state index contributed by atoms with van der Waals surface area (Å²) >= 11 is 0. The van der Waals surface area contributed by atoms with Crippen LogP contribution >= 0.6 is 0 Å². The molecule has 4 fully saturated rings. The predicted octanol–water partition coefficient (Wildman–Crippen LogP) is 3.26. The van der Waals surface area contributed by atoms with Gasteiger partial charge in [0.1, 0.15) is 0 Å². The zero-order valence-corrected chi connectivity index (χ0v) is 14.1. The maximum Gasteiger partial charge on any atom is 0.161 e. The zero-order valence-electron chi connectivity index (χ0n) is 14.1. The Labute approximate surface area is 143 Å². The normalized spacial score (nSPS) is 43.0. The summed E-state index contributed by atoms with van der Waals surface area (Å²) in [5, 5.41) is 20.3. The van der Waals surface area contributed by atoms with E-state index >= 15 is 0 Å². The fourth-order valence-electron chi connectivity index (χ4n) is 6.78. The van der Waals surface area contributed by atoms with Gasteiger partial charge in [-0.25, -0.2) is 0 Å². The number of rotatable bonds is 2. The zero-order chi connectivity index (χ0) is 16.5. The van der Waals surface area contributed by atoms with Crippen LogP contribution in [0.2, 0.25) is 0 Å². The summed E-state index contributed by atoms with van der Waals surface area (Å²) in [6.45, 7) is 0.417. The first-order valence-corrected chi connectivity index (χ1v) is 9.47. The average Bonchev–Trinajstić information content (AvgIpc) is 2.56. The third-order valence-electron chi connectivity index (χ3n) is 7.35. The molecule has 0 radical (unpaired) electrons. The Balaban J connectivity index is 1.53. The minimum absolute atomic E-state index is 0.0315. The highest BCUT2D eigenvalue weighted by Gasteiger charge is 2.55. The van der Waals surface area contributed by atoms with Gasteiger partial charge in [-0.05, 0) is 73.3 Å². The van der Waals surface area contributed by atoms with Gasteiger partial charge in [0.15, 0.2) is 11.5 Å². The van der Waals surface area contributed by atoms with E-state index in [9.17, 15) is 10.2 Å². The molecule has 1 aromatic carbocycles. The van der Waals surface area contributed by atoms with Crippen molar-refractivity contribution in [2.24, 2.45) is 28.9 Å². The molecule has 130 valence electrons. The van der Waals surface area contributed by atoms with Crippen LogP contribution in [0.3, 0.4) is 0 Å². The smallest absolute Gasteiger partial charge is 0.161 e. The molecule has 4 saturated carbocycles. The molecular weight excluding hydrogens is 302 g/mol. The Morgan fingerprint density at radius 3 is 2.25 bits per heavy atom. The van der Waals surface area contributed by atoms with E-state index in [1.54, 1.807) is 6.07 Å². The van der Waals surface area contributed by atoms with Crippen molar-refractivity contribution in [3.05, 3.63) is 23.3 Å². The number of phenolic OH excluding ortho intramolecular Hbond substituents is 2. The van der Waals surface area contributed by atoms with E-state index in [0.717, 1.165) is 28.9 Å². The van der Waals surface area contributed by atoms with Crippen LogP contribution in [-0.2, 0) is 11.2 Å². The number of fused-ring (bicyclic) bond motifs is 1. The molecule has 4 N–H and O–H groups in total. The first kappa shape index (κ1) is 15.0. The maximum absolute atomic E-state index is 10.4. The van der Waals surface area contributed by atoms with Crippen molar-refractivity contribution in [3.8, 4) is 11.5 Å². The molecule has 0 spiro atoms. The van der Waals surface area contributed by atoms with Gasteiger partial charge < -0.3 is 20.7 Å². The molecule has 5 aliphatic rings. The van der Waals surface area contributed by atoms with Crippen LogP contribution in [0.15, 0.2) is 12.1 Å². The van der Waals surface area contributed by atoms with Gasteiger partial charge in [-0.15, -0.1) is 0 Å². The maximum atomic E-state index is 10.4. The molecule has 24 heavy (non-hydrogen) atoms. The molecule has 0 aromatic heterocycles. The third-order valence-corrected chi connectivity index (χ3v) is 7.35. The van der Waals surface area contributed by atoms with E-state index in [0.29, 0.717) is 13.0 Å². The van der Waals surface area contributed by atoms with Gasteiger partial charge in [0, 0.05) is 18.5 Å². The Morgan fingerprint density at radius 2 is 1.67 bits per heavy atom. The SMILES string of the molecule is NC[C@H]1O[C@@H](C23CC4CC(CC(C4)C2)C3)Cc2c1ccc(O)c2O. The Hall–Kier alpha value is -1.26. The summed E-state index contributed by atoms with van der Waals surface area (Å²) in [7, 11) is 0. The van der Waals surface area contributed by atoms with Gasteiger partial charge in [-0.1, -0.05) is 6.07 Å². The average molecular weight is 329 g/mol. The number of phenols is 2. The Bertz CT molecular complexity index is 636. The number of nitrogens with two attached hydrogens (primary N) is 1. The van der Waals surface area contributed by atoms with Crippen LogP contribution in [0.1, 0.15) is 55.8 Å². The van der Waals surface area contributed by atoms with Crippen molar-refractivity contribution in [1.82, 2.24) is 0 Å². The van der Waals surface area contributed by atoms with Crippen molar-refractivity contribution in [1.29, 1.82) is 0 Å². The van der Waals surface area contributed by atoms with E-state index in [-0.39, 0.29) is 29.1 Å². The first-order chi connectivity index (χ1) is 11.6. The van der Waals surface area contributed by atoms with Crippen LogP contribution in [-0.4, -0.2) is 22.9 Å². The van der Waals surface area contributed by atoms with E-state index in [4.69, 9.17) is 10.5 Å². The molecule has 4 bridgehead atoms. The highest BCUT2D eigenvalue weighted by Crippen LogP contribution is 2.63. The molecule has 0 saturated heterocycles. The molecule has 4 nitrogen and oxygen atoms in total. The summed E-state index contributed by atoms with van der Waals surface area (Å²) in [6.07, 6.45) is 8.72. The molecular formula is C20H27NO3. The lowest BCUT2D eigenvalue weighted by molar-refractivity contribution is -0.165. The number of benzene rings is 1. The number of aromatic hydroxyl groups is 2. The molecule has 4 heteroatoms. The molecule has 0 amide bonds. The topological polar surface area (TPSA) is 75.7 Å². The summed E-state index contributed by atoms with van der Waals surface area (Å²) in [5.41, 5.74) is 8.06. The quantitative estimate of drug-likeness (QED) is 0.728. The van der Waals surface area contributed by atoms with E-state index in [1.807, 2.05) is 6.07 Å². The molecule has 2 atom stereocenters. The monoisotopic (exact) mass is 329 g/mol. The van der Waals surface area contributed by atoms with Crippen LogP contribution < -0.4 is 5.73 Å². The van der Waals surface area contributed by atoms with Crippen LogP contribution in [0.5, 0.6) is 11.5 Å². The summed E-state index contributed by atoms with van der Waals surface area (Å²) in [4.78, 5) is 0. The second kappa shape index (κ2) is 5.12. The predicted molar refractivity (Wildman–Crippen MR) is 90.7 cm³/mol. The summed E-state index contributed by atoms with van der Waals surface area (Å²) < 4.78 is 6.52. The minimum Gasteiger partial charge on any atom is -0.504 e. The largest absolute Gasteiger partial charge is 0.504 e. The second-order valence-corrected chi connectivity index (χ2v) is 8.83. The second-order valence-electron chi connectivity index (χ2n) is 8.83. The van der Waals surface area contributed by atoms with Crippen molar-refractivity contribution in [3.63, 3.8) is 0 Å². The lowest BCUT2D eigenvalue weighted by atomic mass is 9.47. The van der Waals surface area contributed by atoms with E-state index in [2.05, 4.69) is 0 Å². The van der Waals surface area contributed by atoms with Crippen molar-refractivity contribution in [2.45, 2.75) is 57.2 Å². The van der Waals surface area contributed by atoms with Gasteiger partial charge in [0.25, 0.3) is 0 Å². The fourth-order valence-corrected chi connectivity index (χ4v) is 6.78. The van der Waals surface area contributed by atoms with Gasteiger partial charge in [-0.3, -0.25) is 0 Å². The summed E-state index contributed by atoms with van der Waals surface area (Å²) in [6, 6.07) is 3.41. The number of hydrogen-bond donors (Lipinski definition) is 3. The molecule has 1 heterocycles. The van der Waals surface area contributed by atoms with Crippen molar-refractivity contribution >= 4 is 0 Å². The molecule has 6 rings (SSSR count). The lowest BCUT2D eigenvalue weighted by Gasteiger charge is -2.60. The highest BCUT2D eigenvalue weighted by atomic mass is 16.5. The van der Waals surface area contributed by atoms with E-state index in [1.165, 1.54) is 38.5 Å². The molecule has 0 unspecified atom stereocenters. The molecule has 1 aliphatic heterocycles. The van der Waals surface area contributed by atoms with Crippen molar-refractivity contribution < 1.29 is 14.9 Å². The fraction of sp³-hybridized carbons (Fsp3) is 0.700. The number of ether oxygens (including phenoxy) is 1. The molecule has 4 aliphatic carbocycles. The van der Waals surface area contributed by atoms with Gasteiger partial charge >= 0.3 is 0 Å². The number of hydrogen-bond acceptors (Lipinski definition) is 4. The Morgan fingerprint density at radius 1 is 1.04 bits per heavy atom. The first-order valence-electron chi connectivity index (χ1n) is 9.47. The highest BCUT2D eigenvalue weighted by molar-refractivity contribution is 5.51. The summed E-state index contributed by atoms with van der Waals surface area (Å²) in [5.74, 6) is 2.61. The Kier molecular flexibility index (Phi) is 3.21. The standard InChI is InChI=1S/C20H27NO3/c21-10-17-14-1-2-16(22)19(23)15(14)6-18(24-17)20-7-11-3-12(8-20)5-13(4-11)9-20/h1-2,11-13,17-18,22-23H,3-10,21H2/t11?,12?,13?,17-,18-,20?/m1/s1. The lowest BCUT2D eigenvalue weighted by Crippen LogP contribution is -2.54. The van der Waals surface area contributed by atoms with Gasteiger partial charge in [-0.2, -0.15) is 0 Å². The van der Waals surface area contributed by atoms with Crippen molar-refractivity contribution in [2.75, 3.05) is 6.54 Å². The van der Waals surface area contributed by atoms with Gasteiger partial charge in [0.2, 0.25) is 0 Å². The minimum atomic E-state index is -0.168. The van der Waals surface area contributed by atoms with E-state index < -0.39 is 0 Å². The van der Waals surface area contributed by atoms with Crippen LogP contribution in [0.4, 0.5) is 0 Å². The van der Waals surface area contributed by atoms with Crippen LogP contribution in [0, 0.1) is 23.2 Å². The van der Waals surface area contributed by atoms with Gasteiger partial charge in [0.05, 0.1) is 12.2 Å². The molecule has 1 aromatic rings. The van der Waals surface area contributed by atoms with Crippen LogP contribution in [0.25, 0.3) is 0 Å².